The highest BCUT2D eigenvalue weighted by molar-refractivity contribution is 7.12. The maximum atomic E-state index is 12.0. The quantitative estimate of drug-likeness (QED) is 0.873. The summed E-state index contributed by atoms with van der Waals surface area (Å²) in [5.74, 6) is 1.87. The molecular formula is C18H28N2OS. The van der Waals surface area contributed by atoms with Crippen LogP contribution in [0.15, 0.2) is 0 Å². The maximum absolute atomic E-state index is 12.0. The van der Waals surface area contributed by atoms with Gasteiger partial charge in [0, 0.05) is 16.3 Å². The van der Waals surface area contributed by atoms with Gasteiger partial charge < -0.3 is 11.1 Å². The van der Waals surface area contributed by atoms with E-state index in [1.165, 1.54) is 60.3 Å². The van der Waals surface area contributed by atoms with Crippen LogP contribution in [0.5, 0.6) is 0 Å². The van der Waals surface area contributed by atoms with Gasteiger partial charge in [0.2, 0.25) is 0 Å². The molecule has 0 radical (unpaired) electrons. The fourth-order valence-electron chi connectivity index (χ4n) is 4.06. The molecule has 0 saturated heterocycles. The van der Waals surface area contributed by atoms with E-state index >= 15 is 0 Å². The van der Waals surface area contributed by atoms with Crippen molar-refractivity contribution in [2.45, 2.75) is 58.3 Å². The van der Waals surface area contributed by atoms with Crippen molar-refractivity contribution in [3.8, 4) is 0 Å². The lowest BCUT2D eigenvalue weighted by Crippen LogP contribution is -2.31. The fourth-order valence-corrected chi connectivity index (χ4v) is 5.49. The lowest BCUT2D eigenvalue weighted by atomic mass is 9.78. The SMILES string of the molecule is Cc1c(CC2CCC(CCCN)CC2)sc2c1C(=O)NCC2. The molecule has 1 saturated carbocycles. The number of hydrogen-bond donors (Lipinski definition) is 2. The van der Waals surface area contributed by atoms with Crippen LogP contribution in [0.2, 0.25) is 0 Å². The maximum Gasteiger partial charge on any atom is 0.252 e. The molecule has 1 amide bonds. The molecule has 0 aromatic carbocycles. The molecule has 3 N–H and O–H groups in total. The van der Waals surface area contributed by atoms with Gasteiger partial charge >= 0.3 is 0 Å². The average Bonchev–Trinajstić information content (AvgIpc) is 2.84. The zero-order valence-electron chi connectivity index (χ0n) is 13.6. The topological polar surface area (TPSA) is 55.1 Å². The molecule has 2 heterocycles. The second-order valence-corrected chi connectivity index (χ2v) is 8.17. The van der Waals surface area contributed by atoms with Gasteiger partial charge in [-0.1, -0.05) is 12.8 Å². The van der Waals surface area contributed by atoms with Crippen LogP contribution in [0.4, 0.5) is 0 Å². The first-order valence-corrected chi connectivity index (χ1v) is 9.60. The van der Waals surface area contributed by atoms with Crippen molar-refractivity contribution in [2.75, 3.05) is 13.1 Å². The number of nitrogens with one attached hydrogen (secondary N) is 1. The minimum Gasteiger partial charge on any atom is -0.352 e. The number of fused-ring (bicyclic) bond motifs is 1. The van der Waals surface area contributed by atoms with Crippen LogP contribution in [0.1, 0.15) is 64.2 Å². The average molecular weight is 321 g/mol. The van der Waals surface area contributed by atoms with Crippen molar-refractivity contribution in [3.05, 3.63) is 20.9 Å². The first-order valence-electron chi connectivity index (χ1n) is 8.78. The summed E-state index contributed by atoms with van der Waals surface area (Å²) in [7, 11) is 0. The van der Waals surface area contributed by atoms with Crippen LogP contribution < -0.4 is 11.1 Å². The second kappa shape index (κ2) is 7.14. The molecule has 22 heavy (non-hydrogen) atoms. The van der Waals surface area contributed by atoms with Crippen LogP contribution >= 0.6 is 11.3 Å². The lowest BCUT2D eigenvalue weighted by Gasteiger charge is -2.28. The molecule has 1 aliphatic heterocycles. The van der Waals surface area contributed by atoms with Gasteiger partial charge in [0.1, 0.15) is 0 Å². The lowest BCUT2D eigenvalue weighted by molar-refractivity contribution is 0.0946. The molecule has 2 aliphatic rings. The van der Waals surface area contributed by atoms with E-state index in [1.807, 2.05) is 11.3 Å². The third kappa shape index (κ3) is 3.38. The molecule has 0 spiro atoms. The highest BCUT2D eigenvalue weighted by atomic mass is 32.1. The minimum absolute atomic E-state index is 0.145. The third-order valence-corrected chi connectivity index (χ3v) is 6.81. The van der Waals surface area contributed by atoms with Gasteiger partial charge in [-0.3, -0.25) is 4.79 Å². The largest absolute Gasteiger partial charge is 0.352 e. The van der Waals surface area contributed by atoms with Gasteiger partial charge in [-0.05, 0) is 69.4 Å². The van der Waals surface area contributed by atoms with Crippen LogP contribution in [0.25, 0.3) is 0 Å². The van der Waals surface area contributed by atoms with Crippen LogP contribution in [0.3, 0.4) is 0 Å². The van der Waals surface area contributed by atoms with Crippen molar-refractivity contribution >= 4 is 17.2 Å². The van der Waals surface area contributed by atoms with Crippen LogP contribution in [0, 0.1) is 18.8 Å². The summed E-state index contributed by atoms with van der Waals surface area (Å²) in [6, 6.07) is 0. The molecule has 1 aliphatic carbocycles. The van der Waals surface area contributed by atoms with Crippen LogP contribution in [-0.4, -0.2) is 19.0 Å². The van der Waals surface area contributed by atoms with E-state index < -0.39 is 0 Å². The highest BCUT2D eigenvalue weighted by Gasteiger charge is 2.27. The number of hydrogen-bond acceptors (Lipinski definition) is 3. The van der Waals surface area contributed by atoms with Crippen molar-refractivity contribution in [1.82, 2.24) is 5.32 Å². The predicted molar refractivity (Wildman–Crippen MR) is 92.5 cm³/mol. The van der Waals surface area contributed by atoms with Crippen molar-refractivity contribution < 1.29 is 4.79 Å². The molecule has 1 aromatic heterocycles. The molecule has 0 unspecified atom stereocenters. The number of nitrogens with two attached hydrogens (primary N) is 1. The molecular weight excluding hydrogens is 292 g/mol. The second-order valence-electron chi connectivity index (χ2n) is 6.98. The Morgan fingerprint density at radius 2 is 1.95 bits per heavy atom. The normalized spacial score (nSPS) is 24.9. The smallest absolute Gasteiger partial charge is 0.252 e. The summed E-state index contributed by atoms with van der Waals surface area (Å²) in [4.78, 5) is 14.8. The van der Waals surface area contributed by atoms with Crippen molar-refractivity contribution in [3.63, 3.8) is 0 Å². The van der Waals surface area contributed by atoms with Gasteiger partial charge in [0.25, 0.3) is 5.91 Å². The molecule has 0 bridgehead atoms. The predicted octanol–water partition coefficient (Wildman–Crippen LogP) is 3.43. The monoisotopic (exact) mass is 320 g/mol. The van der Waals surface area contributed by atoms with E-state index in [0.717, 1.165) is 36.9 Å². The summed E-state index contributed by atoms with van der Waals surface area (Å²) in [5, 5.41) is 2.98. The van der Waals surface area contributed by atoms with Crippen molar-refractivity contribution in [1.29, 1.82) is 0 Å². The molecule has 122 valence electrons. The van der Waals surface area contributed by atoms with Gasteiger partial charge in [0.05, 0.1) is 5.56 Å². The number of carbonyl (C=O) groups is 1. The summed E-state index contributed by atoms with van der Waals surface area (Å²) in [5.41, 5.74) is 7.86. The van der Waals surface area contributed by atoms with Gasteiger partial charge in [-0.15, -0.1) is 11.3 Å². The van der Waals surface area contributed by atoms with Crippen LogP contribution in [-0.2, 0) is 12.8 Å². The van der Waals surface area contributed by atoms with Gasteiger partial charge in [-0.2, -0.15) is 0 Å². The molecule has 1 aromatic rings. The third-order valence-electron chi connectivity index (χ3n) is 5.44. The Hall–Kier alpha value is -0.870. The Balaban J connectivity index is 1.60. The summed E-state index contributed by atoms with van der Waals surface area (Å²) >= 11 is 1.90. The zero-order valence-corrected chi connectivity index (χ0v) is 14.4. The number of amides is 1. The standard InChI is InChI=1S/C18H28N2OS/c1-12-16(22-15-8-10-20-18(21)17(12)15)11-14-6-4-13(5-7-14)3-2-9-19/h13-14H,2-11,19H2,1H3,(H,20,21). The Kier molecular flexibility index (Phi) is 5.19. The molecule has 0 atom stereocenters. The van der Waals surface area contributed by atoms with Gasteiger partial charge in [0.15, 0.2) is 0 Å². The van der Waals surface area contributed by atoms with Crippen molar-refractivity contribution in [2.24, 2.45) is 17.6 Å². The molecule has 3 nitrogen and oxygen atoms in total. The Morgan fingerprint density at radius 3 is 2.64 bits per heavy atom. The first kappa shape index (κ1) is 16.0. The highest BCUT2D eigenvalue weighted by Crippen LogP contribution is 2.37. The summed E-state index contributed by atoms with van der Waals surface area (Å²) in [6.07, 6.45) is 10.1. The van der Waals surface area contributed by atoms with E-state index in [1.54, 1.807) is 0 Å². The zero-order chi connectivity index (χ0) is 15.5. The molecule has 1 fully saturated rings. The number of thiophene rings is 1. The van der Waals surface area contributed by atoms with E-state index in [2.05, 4.69) is 12.2 Å². The summed E-state index contributed by atoms with van der Waals surface area (Å²) < 4.78 is 0. The van der Waals surface area contributed by atoms with E-state index in [0.29, 0.717) is 0 Å². The van der Waals surface area contributed by atoms with Gasteiger partial charge in [-0.25, -0.2) is 0 Å². The van der Waals surface area contributed by atoms with E-state index in [9.17, 15) is 4.79 Å². The fraction of sp³-hybridized carbons (Fsp3) is 0.722. The number of carbonyl (C=O) groups excluding carboxylic acids is 1. The minimum atomic E-state index is 0.145. The molecule has 3 rings (SSSR count). The van der Waals surface area contributed by atoms with E-state index in [-0.39, 0.29) is 5.91 Å². The Bertz CT molecular complexity index is 529. The Morgan fingerprint density at radius 1 is 1.23 bits per heavy atom. The first-order chi connectivity index (χ1) is 10.7. The number of rotatable bonds is 5. The van der Waals surface area contributed by atoms with E-state index in [4.69, 9.17) is 5.73 Å². The molecule has 4 heteroatoms. The Labute approximate surface area is 137 Å². The summed E-state index contributed by atoms with van der Waals surface area (Å²) in [6.45, 7) is 3.78.